The van der Waals surface area contributed by atoms with Crippen LogP contribution in [0.1, 0.15) is 16.9 Å². The number of aryl methyl sites for hydroxylation is 1. The van der Waals surface area contributed by atoms with Crippen LogP contribution in [0, 0.1) is 6.92 Å². The van der Waals surface area contributed by atoms with E-state index in [4.69, 9.17) is 13.3 Å². The minimum absolute atomic E-state index is 0.0720. The maximum Gasteiger partial charge on any atom is 0.363 e. The largest absolute Gasteiger partial charge is 0.459 e. The highest BCUT2D eigenvalue weighted by Gasteiger charge is 2.25. The van der Waals surface area contributed by atoms with Gasteiger partial charge in [0.25, 0.3) is 5.90 Å². The Morgan fingerprint density at radius 1 is 1.00 bits per heavy atom. The van der Waals surface area contributed by atoms with Crippen molar-refractivity contribution < 1.29 is 26.5 Å². The van der Waals surface area contributed by atoms with Crippen LogP contribution in [0.5, 0.6) is 5.75 Å². The quantitative estimate of drug-likeness (QED) is 0.362. The van der Waals surface area contributed by atoms with Crippen molar-refractivity contribution in [1.82, 2.24) is 0 Å². The third-order valence-electron chi connectivity index (χ3n) is 4.05. The molecule has 146 valence electrons. The molecule has 29 heavy (non-hydrogen) atoms. The molecule has 0 unspecified atom stereocenters. The lowest BCUT2D eigenvalue weighted by molar-refractivity contribution is -0.130. The monoisotopic (exact) mass is 409 g/mol. The van der Waals surface area contributed by atoms with E-state index in [2.05, 4.69) is 4.99 Å². The van der Waals surface area contributed by atoms with Crippen LogP contribution in [-0.2, 0) is 19.6 Å². The molecule has 0 saturated heterocycles. The van der Waals surface area contributed by atoms with Crippen molar-refractivity contribution in [2.75, 3.05) is 0 Å². The molecule has 1 aliphatic heterocycles. The Balaban J connectivity index is 1.52. The van der Waals surface area contributed by atoms with E-state index in [-0.39, 0.29) is 22.2 Å². The zero-order valence-electron chi connectivity index (χ0n) is 15.2. The van der Waals surface area contributed by atoms with E-state index in [0.29, 0.717) is 11.3 Å². The predicted molar refractivity (Wildman–Crippen MR) is 105 cm³/mol. The van der Waals surface area contributed by atoms with Gasteiger partial charge in [0.1, 0.15) is 10.6 Å². The standard InChI is InChI=1S/C21H15NO6S/c1-14-4-10-17(11-5-14)29(24,25)28-16-8-6-15(7-9-16)13-18-21(23)27-20(22-18)19-3-2-12-26-19/h2-13H,1H3/b18-13-. The molecule has 0 fully saturated rings. The molecule has 2 aromatic carbocycles. The van der Waals surface area contributed by atoms with Gasteiger partial charge in [0, 0.05) is 0 Å². The van der Waals surface area contributed by atoms with Crippen molar-refractivity contribution in [2.45, 2.75) is 11.8 Å². The summed E-state index contributed by atoms with van der Waals surface area (Å²) in [5.41, 5.74) is 1.68. The summed E-state index contributed by atoms with van der Waals surface area (Å²) < 4.78 is 40.1. The number of carbonyl (C=O) groups is 1. The van der Waals surface area contributed by atoms with Crippen molar-refractivity contribution in [1.29, 1.82) is 0 Å². The minimum Gasteiger partial charge on any atom is -0.459 e. The second-order valence-corrected chi connectivity index (χ2v) is 7.78. The van der Waals surface area contributed by atoms with Crippen molar-refractivity contribution in [2.24, 2.45) is 4.99 Å². The van der Waals surface area contributed by atoms with Crippen molar-refractivity contribution in [3.05, 3.63) is 89.5 Å². The van der Waals surface area contributed by atoms with Gasteiger partial charge in [0.05, 0.1) is 6.26 Å². The number of hydrogen-bond acceptors (Lipinski definition) is 7. The summed E-state index contributed by atoms with van der Waals surface area (Å²) in [5.74, 6) is 0.00220. The number of nitrogens with zero attached hydrogens (tertiary/aromatic N) is 1. The van der Waals surface area contributed by atoms with E-state index in [0.717, 1.165) is 5.56 Å². The van der Waals surface area contributed by atoms with Crippen LogP contribution < -0.4 is 4.18 Å². The van der Waals surface area contributed by atoms with Gasteiger partial charge in [0.2, 0.25) is 0 Å². The third-order valence-corrected chi connectivity index (χ3v) is 5.31. The van der Waals surface area contributed by atoms with E-state index < -0.39 is 16.1 Å². The van der Waals surface area contributed by atoms with Gasteiger partial charge in [-0.1, -0.05) is 29.8 Å². The lowest BCUT2D eigenvalue weighted by Gasteiger charge is -2.07. The maximum absolute atomic E-state index is 12.3. The number of benzene rings is 2. The van der Waals surface area contributed by atoms with Gasteiger partial charge in [-0.05, 0) is 55.0 Å². The lowest BCUT2D eigenvalue weighted by atomic mass is 10.2. The molecular weight excluding hydrogens is 394 g/mol. The number of furan rings is 1. The molecule has 2 heterocycles. The highest BCUT2D eigenvalue weighted by atomic mass is 32.2. The van der Waals surface area contributed by atoms with Crippen LogP contribution in [0.3, 0.4) is 0 Å². The molecular formula is C21H15NO6S. The molecule has 0 aliphatic carbocycles. The average molecular weight is 409 g/mol. The first-order valence-electron chi connectivity index (χ1n) is 8.58. The van der Waals surface area contributed by atoms with Crippen molar-refractivity contribution in [3.63, 3.8) is 0 Å². The summed E-state index contributed by atoms with van der Waals surface area (Å²) in [6.07, 6.45) is 2.98. The first-order chi connectivity index (χ1) is 13.9. The van der Waals surface area contributed by atoms with E-state index in [1.807, 2.05) is 6.92 Å². The Hall–Kier alpha value is -3.65. The smallest absolute Gasteiger partial charge is 0.363 e. The summed E-state index contributed by atoms with van der Waals surface area (Å²) in [6, 6.07) is 15.9. The minimum atomic E-state index is -3.93. The summed E-state index contributed by atoms with van der Waals surface area (Å²) in [4.78, 5) is 16.2. The number of hydrogen-bond donors (Lipinski definition) is 0. The summed E-state index contributed by atoms with van der Waals surface area (Å²) in [6.45, 7) is 1.87. The lowest BCUT2D eigenvalue weighted by Crippen LogP contribution is -2.09. The van der Waals surface area contributed by atoms with Gasteiger partial charge >= 0.3 is 16.1 Å². The van der Waals surface area contributed by atoms with Crippen LogP contribution in [-0.4, -0.2) is 20.3 Å². The molecule has 1 aromatic heterocycles. The first kappa shape index (κ1) is 18.7. The molecule has 3 aromatic rings. The molecule has 0 bridgehead atoms. The SMILES string of the molecule is Cc1ccc(S(=O)(=O)Oc2ccc(/C=C3\N=C(c4ccco4)OC3=O)cc2)cc1. The third kappa shape index (κ3) is 4.12. The van der Waals surface area contributed by atoms with E-state index in [1.54, 1.807) is 36.4 Å². The number of rotatable bonds is 5. The Morgan fingerprint density at radius 2 is 1.72 bits per heavy atom. The fraction of sp³-hybridized carbons (Fsp3) is 0.0476. The Bertz CT molecular complexity index is 1210. The molecule has 0 atom stereocenters. The molecule has 0 radical (unpaired) electrons. The molecule has 0 N–H and O–H groups in total. The zero-order valence-corrected chi connectivity index (χ0v) is 16.0. The maximum atomic E-state index is 12.3. The van der Waals surface area contributed by atoms with Gasteiger partial charge < -0.3 is 13.3 Å². The van der Waals surface area contributed by atoms with Crippen LogP contribution >= 0.6 is 0 Å². The van der Waals surface area contributed by atoms with Crippen LogP contribution in [0.2, 0.25) is 0 Å². The number of aliphatic imine (C=N–C) groups is 1. The molecule has 8 heteroatoms. The van der Waals surface area contributed by atoms with Gasteiger partial charge in [-0.3, -0.25) is 0 Å². The average Bonchev–Trinajstić information content (AvgIpc) is 3.34. The van der Waals surface area contributed by atoms with Crippen LogP contribution in [0.25, 0.3) is 6.08 Å². The Kier molecular flexibility index (Phi) is 4.77. The molecule has 4 rings (SSSR count). The summed E-state index contributed by atoms with van der Waals surface area (Å²) in [5, 5.41) is 0. The number of esters is 1. The number of carbonyl (C=O) groups excluding carboxylic acids is 1. The van der Waals surface area contributed by atoms with E-state index in [9.17, 15) is 13.2 Å². The van der Waals surface area contributed by atoms with Gasteiger partial charge in [-0.15, -0.1) is 0 Å². The van der Waals surface area contributed by atoms with E-state index >= 15 is 0 Å². The highest BCUT2D eigenvalue weighted by molar-refractivity contribution is 7.87. The normalized spacial score (nSPS) is 15.3. The summed E-state index contributed by atoms with van der Waals surface area (Å²) in [7, 11) is -3.93. The van der Waals surface area contributed by atoms with Gasteiger partial charge in [-0.25, -0.2) is 9.79 Å². The summed E-state index contributed by atoms with van der Waals surface area (Å²) >= 11 is 0. The Labute approximate surface area is 167 Å². The second-order valence-electron chi connectivity index (χ2n) is 6.23. The van der Waals surface area contributed by atoms with Crippen LogP contribution in [0.4, 0.5) is 0 Å². The van der Waals surface area contributed by atoms with Crippen LogP contribution in [0.15, 0.2) is 86.9 Å². The fourth-order valence-electron chi connectivity index (χ4n) is 2.57. The topological polar surface area (TPSA) is 95.2 Å². The second kappa shape index (κ2) is 7.40. The molecule has 0 saturated carbocycles. The molecule has 7 nitrogen and oxygen atoms in total. The highest BCUT2D eigenvalue weighted by Crippen LogP contribution is 2.23. The zero-order chi connectivity index (χ0) is 20.4. The first-order valence-corrected chi connectivity index (χ1v) is 9.99. The van der Waals surface area contributed by atoms with Crippen molar-refractivity contribution in [3.8, 4) is 5.75 Å². The molecule has 1 aliphatic rings. The van der Waals surface area contributed by atoms with Crippen molar-refractivity contribution >= 4 is 28.1 Å². The number of cyclic esters (lactones) is 1. The Morgan fingerprint density at radius 3 is 2.38 bits per heavy atom. The van der Waals surface area contributed by atoms with Gasteiger partial charge in [-0.2, -0.15) is 8.42 Å². The molecule has 0 amide bonds. The fourth-order valence-corrected chi connectivity index (χ4v) is 3.50. The van der Waals surface area contributed by atoms with Gasteiger partial charge in [0.15, 0.2) is 11.5 Å². The number of ether oxygens (including phenoxy) is 1. The predicted octanol–water partition coefficient (Wildman–Crippen LogP) is 3.70. The molecule has 0 spiro atoms. The van der Waals surface area contributed by atoms with E-state index in [1.165, 1.54) is 36.6 Å².